The maximum absolute atomic E-state index is 2.80. The van der Waals surface area contributed by atoms with Crippen LogP contribution >= 0.6 is 0 Å². The number of fused-ring (bicyclic) bond motifs is 3. The average molecular weight is 473 g/mol. The summed E-state index contributed by atoms with van der Waals surface area (Å²) in [6.45, 7) is 2.42. The lowest BCUT2D eigenvalue weighted by molar-refractivity contribution is 0.0186. The van der Waals surface area contributed by atoms with E-state index in [-0.39, 0.29) is 0 Å². The van der Waals surface area contributed by atoms with E-state index in [2.05, 4.69) is 132 Å². The lowest BCUT2D eigenvalue weighted by Gasteiger charge is -2.57. The van der Waals surface area contributed by atoms with E-state index in [4.69, 9.17) is 0 Å². The first-order valence-corrected chi connectivity index (χ1v) is 13.5. The Morgan fingerprint density at radius 3 is 1.83 bits per heavy atom. The number of rotatable bonds is 7. The van der Waals surface area contributed by atoms with Gasteiger partial charge in [0.25, 0.3) is 0 Å². The Hall–Kier alpha value is -3.36. The van der Waals surface area contributed by atoms with Gasteiger partial charge < -0.3 is 4.90 Å². The van der Waals surface area contributed by atoms with E-state index < -0.39 is 0 Å². The molecule has 0 aliphatic carbocycles. The van der Waals surface area contributed by atoms with Crippen molar-refractivity contribution in [3.63, 3.8) is 0 Å². The van der Waals surface area contributed by atoms with Crippen molar-refractivity contribution in [2.45, 2.75) is 37.3 Å². The van der Waals surface area contributed by atoms with Crippen LogP contribution in [0.4, 0.5) is 5.69 Å². The molecular weight excluding hydrogens is 436 g/mol. The zero-order valence-electron chi connectivity index (χ0n) is 21.2. The number of anilines is 1. The van der Waals surface area contributed by atoms with Gasteiger partial charge in [0.1, 0.15) is 0 Å². The second kappa shape index (κ2) is 10.3. The van der Waals surface area contributed by atoms with E-state index in [0.29, 0.717) is 23.9 Å². The average Bonchev–Trinajstić information content (AvgIpc) is 2.95. The highest BCUT2D eigenvalue weighted by Gasteiger charge is 2.48. The van der Waals surface area contributed by atoms with Crippen molar-refractivity contribution < 1.29 is 0 Å². The lowest BCUT2D eigenvalue weighted by Crippen LogP contribution is -2.65. The third-order valence-corrected chi connectivity index (χ3v) is 8.54. The van der Waals surface area contributed by atoms with Crippen LogP contribution in [-0.2, 0) is 6.42 Å². The number of para-hydroxylation sites is 1. The molecule has 0 N–H and O–H groups in total. The molecule has 182 valence electrons. The Balaban J connectivity index is 1.42. The number of hydrogen-bond acceptors (Lipinski definition) is 2. The Morgan fingerprint density at radius 2 is 1.22 bits per heavy atom. The van der Waals surface area contributed by atoms with Gasteiger partial charge in [-0.15, -0.1) is 0 Å². The highest BCUT2D eigenvalue weighted by molar-refractivity contribution is 5.56. The molecule has 2 atom stereocenters. The molecule has 2 nitrogen and oxygen atoms in total. The minimum Gasteiger partial charge on any atom is -0.369 e. The van der Waals surface area contributed by atoms with Gasteiger partial charge in [-0.25, -0.2) is 0 Å². The van der Waals surface area contributed by atoms with Crippen molar-refractivity contribution in [1.29, 1.82) is 0 Å². The van der Waals surface area contributed by atoms with Crippen LogP contribution in [0, 0.1) is 5.92 Å². The van der Waals surface area contributed by atoms with E-state index in [1.807, 2.05) is 0 Å². The number of likely N-dealkylation sites (N-methyl/N-ethyl adjacent to an activating group) is 1. The Morgan fingerprint density at radius 1 is 0.694 bits per heavy atom. The largest absolute Gasteiger partial charge is 0.369 e. The molecule has 7 rings (SSSR count). The normalized spacial score (nSPS) is 23.1. The first-order valence-electron chi connectivity index (χ1n) is 13.5. The molecule has 0 aromatic heterocycles. The minimum absolute atomic E-state index is 0.351. The molecule has 3 aliphatic rings. The molecule has 0 spiro atoms. The Bertz CT molecular complexity index is 1210. The molecule has 0 radical (unpaired) electrons. The van der Waals surface area contributed by atoms with Crippen molar-refractivity contribution in [3.05, 3.63) is 138 Å². The molecule has 0 unspecified atom stereocenters. The summed E-state index contributed by atoms with van der Waals surface area (Å²) in [6.07, 6.45) is 3.55. The zero-order valence-corrected chi connectivity index (χ0v) is 21.2. The predicted octanol–water partition coefficient (Wildman–Crippen LogP) is 7.01. The smallest absolute Gasteiger partial charge is 0.0480 e. The van der Waals surface area contributed by atoms with Gasteiger partial charge in [0.2, 0.25) is 0 Å². The Labute approximate surface area is 216 Å². The number of hydrogen-bond donors (Lipinski definition) is 0. The third-order valence-electron chi connectivity index (χ3n) is 8.54. The summed E-state index contributed by atoms with van der Waals surface area (Å²) >= 11 is 0. The summed E-state index contributed by atoms with van der Waals surface area (Å²) in [5.74, 6) is 1.06. The van der Waals surface area contributed by atoms with Gasteiger partial charge >= 0.3 is 0 Å². The number of piperidine rings is 3. The van der Waals surface area contributed by atoms with Crippen molar-refractivity contribution >= 4 is 5.69 Å². The summed E-state index contributed by atoms with van der Waals surface area (Å²) in [5, 5.41) is 0. The summed E-state index contributed by atoms with van der Waals surface area (Å²) < 4.78 is 0. The standard InChI is InChI=1S/C34H36N2/c1-35(31-20-12-11-19-30(31)25-26-13-5-2-6-14-26)33-29-21-23-36(24-22-29)34(33)32(27-15-7-3-8-16-27)28-17-9-4-10-18-28/h2-20,29,32-34H,21-25H2,1H3/t33-,34-/m1/s1. The van der Waals surface area contributed by atoms with Crippen LogP contribution < -0.4 is 4.90 Å². The predicted molar refractivity (Wildman–Crippen MR) is 151 cm³/mol. The van der Waals surface area contributed by atoms with Gasteiger partial charge in [-0.2, -0.15) is 0 Å². The second-order valence-electron chi connectivity index (χ2n) is 10.6. The van der Waals surface area contributed by atoms with E-state index in [1.165, 1.54) is 53.9 Å². The highest BCUT2D eigenvalue weighted by atomic mass is 15.3. The van der Waals surface area contributed by atoms with Gasteiger partial charge in [-0.3, -0.25) is 4.90 Å². The molecule has 3 aliphatic heterocycles. The van der Waals surface area contributed by atoms with E-state index in [9.17, 15) is 0 Å². The summed E-state index contributed by atoms with van der Waals surface area (Å²) in [5.41, 5.74) is 7.02. The van der Waals surface area contributed by atoms with Crippen LogP contribution in [0.2, 0.25) is 0 Å². The fourth-order valence-electron chi connectivity index (χ4n) is 6.90. The van der Waals surface area contributed by atoms with Crippen LogP contribution in [0.25, 0.3) is 0 Å². The van der Waals surface area contributed by atoms with Gasteiger partial charge in [-0.1, -0.05) is 109 Å². The lowest BCUT2D eigenvalue weighted by atomic mass is 9.70. The van der Waals surface area contributed by atoms with Gasteiger partial charge in [0, 0.05) is 30.7 Å². The van der Waals surface area contributed by atoms with Crippen molar-refractivity contribution in [2.24, 2.45) is 5.92 Å². The summed E-state index contributed by atoms with van der Waals surface area (Å²) in [7, 11) is 2.36. The molecular formula is C34H36N2. The first-order chi connectivity index (χ1) is 17.8. The number of benzene rings is 4. The SMILES string of the molecule is CN(c1ccccc1Cc1ccccc1)[C@@H]1C2CCN(CC2)[C@@H]1C(c1ccccc1)c1ccccc1. The zero-order chi connectivity index (χ0) is 24.3. The molecule has 36 heavy (non-hydrogen) atoms. The number of nitrogens with zero attached hydrogens (tertiary/aromatic N) is 2. The topological polar surface area (TPSA) is 6.48 Å². The monoisotopic (exact) mass is 472 g/mol. The molecule has 2 heteroatoms. The second-order valence-corrected chi connectivity index (χ2v) is 10.6. The molecule has 4 aromatic rings. The van der Waals surface area contributed by atoms with Crippen molar-refractivity contribution in [2.75, 3.05) is 25.0 Å². The highest BCUT2D eigenvalue weighted by Crippen LogP contribution is 2.45. The van der Waals surface area contributed by atoms with Crippen LogP contribution in [-0.4, -0.2) is 37.1 Å². The van der Waals surface area contributed by atoms with Gasteiger partial charge in [0.15, 0.2) is 0 Å². The molecule has 0 saturated carbocycles. The van der Waals surface area contributed by atoms with Crippen LogP contribution in [0.5, 0.6) is 0 Å². The molecule has 3 saturated heterocycles. The summed E-state index contributed by atoms with van der Waals surface area (Å²) in [4.78, 5) is 5.45. The van der Waals surface area contributed by atoms with Gasteiger partial charge in [-0.05, 0) is 66.6 Å². The van der Waals surface area contributed by atoms with Crippen molar-refractivity contribution in [1.82, 2.24) is 4.90 Å². The molecule has 0 amide bonds. The molecule has 4 aromatic carbocycles. The summed E-state index contributed by atoms with van der Waals surface area (Å²) in [6, 6.07) is 43.3. The fraction of sp³-hybridized carbons (Fsp3) is 0.294. The van der Waals surface area contributed by atoms with Crippen molar-refractivity contribution in [3.8, 4) is 0 Å². The fourth-order valence-corrected chi connectivity index (χ4v) is 6.90. The minimum atomic E-state index is 0.351. The van der Waals surface area contributed by atoms with E-state index in [0.717, 1.165) is 6.42 Å². The molecule has 2 bridgehead atoms. The quantitative estimate of drug-likeness (QED) is 0.285. The molecule has 3 fully saturated rings. The van der Waals surface area contributed by atoms with Gasteiger partial charge in [0.05, 0.1) is 0 Å². The van der Waals surface area contributed by atoms with Crippen LogP contribution in [0.3, 0.4) is 0 Å². The molecule has 3 heterocycles. The van der Waals surface area contributed by atoms with E-state index >= 15 is 0 Å². The van der Waals surface area contributed by atoms with Crippen LogP contribution in [0.15, 0.2) is 115 Å². The third kappa shape index (κ3) is 4.47. The van der Waals surface area contributed by atoms with Crippen LogP contribution in [0.1, 0.15) is 41.0 Å². The Kier molecular flexibility index (Phi) is 6.61. The van der Waals surface area contributed by atoms with E-state index in [1.54, 1.807) is 0 Å². The first kappa shape index (κ1) is 23.1. The maximum Gasteiger partial charge on any atom is 0.0480 e. The maximum atomic E-state index is 2.80.